The Kier molecular flexibility index (Phi) is 7.31. The highest BCUT2D eigenvalue weighted by molar-refractivity contribution is 7.91. The highest BCUT2D eigenvalue weighted by Crippen LogP contribution is 2.39. The molecular weight excluding hydrogens is 464 g/mol. The van der Waals surface area contributed by atoms with Crippen molar-refractivity contribution < 1.29 is 22.7 Å². The van der Waals surface area contributed by atoms with Crippen LogP contribution in [0.4, 0.5) is 5.69 Å². The summed E-state index contributed by atoms with van der Waals surface area (Å²) in [5, 5.41) is 0.686. The Hall–Kier alpha value is -3.13. The van der Waals surface area contributed by atoms with Gasteiger partial charge in [-0.1, -0.05) is 6.07 Å². The number of carbonyl (C=O) groups excluding carboxylic acids is 1. The SMILES string of the molecule is CCOC(=O)C1CCCN(c2c(S(=O)(=O)c3ccc(C)c(C)c3)cnc3ccc(OCC)cc23)C1. The average molecular weight is 497 g/mol. The molecule has 1 aliphatic rings. The number of aromatic nitrogens is 1. The lowest BCUT2D eigenvalue weighted by Gasteiger charge is -2.35. The molecule has 0 N–H and O–H groups in total. The predicted octanol–water partition coefficient (Wildman–Crippen LogP) is 4.86. The Morgan fingerprint density at radius 2 is 1.89 bits per heavy atom. The number of sulfone groups is 1. The summed E-state index contributed by atoms with van der Waals surface area (Å²) in [7, 11) is -3.88. The summed E-state index contributed by atoms with van der Waals surface area (Å²) in [5.41, 5.74) is 3.15. The van der Waals surface area contributed by atoms with Crippen molar-refractivity contribution in [1.82, 2.24) is 4.98 Å². The van der Waals surface area contributed by atoms with Crippen LogP contribution in [0.15, 0.2) is 52.4 Å². The first kappa shape index (κ1) is 25.0. The Labute approximate surface area is 207 Å². The summed E-state index contributed by atoms with van der Waals surface area (Å²) in [5.74, 6) is 0.0750. The van der Waals surface area contributed by atoms with E-state index in [0.717, 1.165) is 17.5 Å². The highest BCUT2D eigenvalue weighted by atomic mass is 32.2. The predicted molar refractivity (Wildman–Crippen MR) is 136 cm³/mol. The lowest BCUT2D eigenvalue weighted by molar-refractivity contribution is -0.148. The van der Waals surface area contributed by atoms with Gasteiger partial charge in [0.2, 0.25) is 9.84 Å². The van der Waals surface area contributed by atoms with Gasteiger partial charge in [0, 0.05) is 24.7 Å². The number of nitrogens with zero attached hydrogens (tertiary/aromatic N) is 2. The van der Waals surface area contributed by atoms with Crippen molar-refractivity contribution in [2.75, 3.05) is 31.2 Å². The van der Waals surface area contributed by atoms with E-state index < -0.39 is 9.84 Å². The second-order valence-corrected chi connectivity index (χ2v) is 10.8. The van der Waals surface area contributed by atoms with Crippen molar-refractivity contribution in [1.29, 1.82) is 0 Å². The van der Waals surface area contributed by atoms with Crippen LogP contribution in [0.1, 0.15) is 37.8 Å². The van der Waals surface area contributed by atoms with Crippen molar-refractivity contribution in [2.45, 2.75) is 50.3 Å². The number of esters is 1. The molecule has 1 fully saturated rings. The molecule has 0 aliphatic carbocycles. The lowest BCUT2D eigenvalue weighted by atomic mass is 9.97. The third-order valence-electron chi connectivity index (χ3n) is 6.52. The van der Waals surface area contributed by atoms with Gasteiger partial charge in [-0.25, -0.2) is 8.42 Å². The Morgan fingerprint density at radius 3 is 2.60 bits per heavy atom. The molecule has 8 heteroatoms. The van der Waals surface area contributed by atoms with Gasteiger partial charge in [-0.05, 0) is 82.0 Å². The highest BCUT2D eigenvalue weighted by Gasteiger charge is 2.32. The summed E-state index contributed by atoms with van der Waals surface area (Å²) in [6, 6.07) is 10.7. The van der Waals surface area contributed by atoms with Gasteiger partial charge in [0.05, 0.1) is 35.2 Å². The fourth-order valence-electron chi connectivity index (χ4n) is 4.56. The molecule has 2 heterocycles. The molecular formula is C27H32N2O5S. The van der Waals surface area contributed by atoms with Crippen LogP contribution in [-0.2, 0) is 19.4 Å². The number of aryl methyl sites for hydroxylation is 2. The Balaban J connectivity index is 1.91. The fraction of sp³-hybridized carbons (Fsp3) is 0.407. The molecule has 0 amide bonds. The van der Waals surface area contributed by atoms with Crippen molar-refractivity contribution in [3.05, 3.63) is 53.7 Å². The number of pyridine rings is 1. The second kappa shape index (κ2) is 10.2. The van der Waals surface area contributed by atoms with Gasteiger partial charge in [-0.15, -0.1) is 0 Å². The first-order valence-corrected chi connectivity index (χ1v) is 13.5. The van der Waals surface area contributed by atoms with Crippen LogP contribution in [0, 0.1) is 19.8 Å². The molecule has 0 saturated carbocycles. The van der Waals surface area contributed by atoms with Crippen LogP contribution in [0.2, 0.25) is 0 Å². The molecule has 0 radical (unpaired) electrons. The molecule has 0 bridgehead atoms. The standard InChI is InChI=1S/C27H32N2O5S/c1-5-33-21-10-12-24-23(15-21)26(29-13-7-8-20(17-29)27(30)34-6-2)25(16-28-24)35(31,32)22-11-9-18(3)19(4)14-22/h9-12,14-16,20H,5-8,13,17H2,1-4H3. The first-order chi connectivity index (χ1) is 16.8. The van der Waals surface area contributed by atoms with E-state index in [9.17, 15) is 13.2 Å². The molecule has 186 valence electrons. The van der Waals surface area contributed by atoms with E-state index in [1.807, 2.05) is 49.9 Å². The Morgan fingerprint density at radius 1 is 1.09 bits per heavy atom. The molecule has 3 aromatic rings. The maximum absolute atomic E-state index is 13.9. The molecule has 2 aromatic carbocycles. The first-order valence-electron chi connectivity index (χ1n) is 12.1. The van der Waals surface area contributed by atoms with Crippen LogP contribution >= 0.6 is 0 Å². The fourth-order valence-corrected chi connectivity index (χ4v) is 6.08. The summed E-state index contributed by atoms with van der Waals surface area (Å²) >= 11 is 0. The van der Waals surface area contributed by atoms with Crippen LogP contribution in [-0.4, -0.2) is 45.7 Å². The number of anilines is 1. The number of benzene rings is 2. The quantitative estimate of drug-likeness (QED) is 0.432. The number of carbonyl (C=O) groups is 1. The molecule has 1 atom stereocenters. The van der Waals surface area contributed by atoms with Gasteiger partial charge < -0.3 is 14.4 Å². The van der Waals surface area contributed by atoms with E-state index in [4.69, 9.17) is 9.47 Å². The lowest BCUT2D eigenvalue weighted by Crippen LogP contribution is -2.40. The number of piperidine rings is 1. The van der Waals surface area contributed by atoms with E-state index in [1.54, 1.807) is 19.1 Å². The monoisotopic (exact) mass is 496 g/mol. The molecule has 1 aliphatic heterocycles. The summed E-state index contributed by atoms with van der Waals surface area (Å²) in [4.78, 5) is 19.4. The van der Waals surface area contributed by atoms with Crippen LogP contribution in [0.5, 0.6) is 5.75 Å². The van der Waals surface area contributed by atoms with Crippen LogP contribution < -0.4 is 9.64 Å². The van der Waals surface area contributed by atoms with Crippen molar-refractivity contribution in [2.24, 2.45) is 5.92 Å². The number of ether oxygens (including phenoxy) is 2. The van der Waals surface area contributed by atoms with E-state index in [0.29, 0.717) is 55.1 Å². The maximum Gasteiger partial charge on any atom is 0.310 e. The van der Waals surface area contributed by atoms with Crippen LogP contribution in [0.3, 0.4) is 0 Å². The molecule has 1 unspecified atom stereocenters. The number of rotatable bonds is 7. The molecule has 4 rings (SSSR count). The van der Waals surface area contributed by atoms with E-state index in [2.05, 4.69) is 4.98 Å². The molecule has 35 heavy (non-hydrogen) atoms. The number of hydrogen-bond acceptors (Lipinski definition) is 7. The van der Waals surface area contributed by atoms with Gasteiger partial charge in [0.1, 0.15) is 10.6 Å². The van der Waals surface area contributed by atoms with Gasteiger partial charge in [-0.2, -0.15) is 0 Å². The third kappa shape index (κ3) is 4.98. The van der Waals surface area contributed by atoms with Gasteiger partial charge in [0.15, 0.2) is 0 Å². The number of hydrogen-bond donors (Lipinski definition) is 0. The van der Waals surface area contributed by atoms with Crippen molar-refractivity contribution in [3.63, 3.8) is 0 Å². The summed E-state index contributed by atoms with van der Waals surface area (Å²) in [6.07, 6.45) is 2.90. The molecule has 0 spiro atoms. The van der Waals surface area contributed by atoms with Crippen molar-refractivity contribution in [3.8, 4) is 5.75 Å². The zero-order valence-electron chi connectivity index (χ0n) is 20.7. The maximum atomic E-state index is 13.9. The van der Waals surface area contributed by atoms with E-state index in [-0.39, 0.29) is 21.7 Å². The minimum Gasteiger partial charge on any atom is -0.494 e. The second-order valence-electron chi connectivity index (χ2n) is 8.87. The zero-order valence-corrected chi connectivity index (χ0v) is 21.5. The largest absolute Gasteiger partial charge is 0.494 e. The van der Waals surface area contributed by atoms with E-state index in [1.165, 1.54) is 6.20 Å². The van der Waals surface area contributed by atoms with Crippen molar-refractivity contribution >= 4 is 32.4 Å². The molecule has 7 nitrogen and oxygen atoms in total. The van der Waals surface area contributed by atoms with E-state index >= 15 is 0 Å². The van der Waals surface area contributed by atoms with Crippen LogP contribution in [0.25, 0.3) is 10.9 Å². The topological polar surface area (TPSA) is 85.8 Å². The van der Waals surface area contributed by atoms with Gasteiger partial charge in [-0.3, -0.25) is 9.78 Å². The number of fused-ring (bicyclic) bond motifs is 1. The Bertz CT molecular complexity index is 1350. The minimum absolute atomic E-state index is 0.131. The normalized spacial score (nSPS) is 16.3. The summed E-state index contributed by atoms with van der Waals surface area (Å²) < 4.78 is 38.9. The smallest absolute Gasteiger partial charge is 0.310 e. The average Bonchev–Trinajstić information content (AvgIpc) is 2.85. The minimum atomic E-state index is -3.88. The van der Waals surface area contributed by atoms with Gasteiger partial charge >= 0.3 is 5.97 Å². The molecule has 1 aromatic heterocycles. The zero-order chi connectivity index (χ0) is 25.2. The van der Waals surface area contributed by atoms with Gasteiger partial charge in [0.25, 0.3) is 0 Å². The summed E-state index contributed by atoms with van der Waals surface area (Å²) in [6.45, 7) is 9.36. The third-order valence-corrected chi connectivity index (χ3v) is 8.28. The molecule has 1 saturated heterocycles.